The van der Waals surface area contributed by atoms with E-state index in [1.165, 1.54) is 25.5 Å². The van der Waals surface area contributed by atoms with E-state index >= 15 is 0 Å². The Labute approximate surface area is 157 Å². The van der Waals surface area contributed by atoms with E-state index in [1.807, 2.05) is 24.3 Å². The molecule has 1 rings (SSSR count). The van der Waals surface area contributed by atoms with Crippen LogP contribution in [0.25, 0.3) is 0 Å². The number of hydrogen-bond acceptors (Lipinski definition) is 3. The molecule has 0 aromatic heterocycles. The molecule has 0 saturated carbocycles. The van der Waals surface area contributed by atoms with Crippen LogP contribution in [0, 0.1) is 0 Å². The average Bonchev–Trinajstić information content (AvgIpc) is 2.67. The highest BCUT2D eigenvalue weighted by atomic mass is 16.5. The molecule has 142 valence electrons. The summed E-state index contributed by atoms with van der Waals surface area (Å²) in [4.78, 5) is 22.8. The number of rotatable bonds is 13. The summed E-state index contributed by atoms with van der Waals surface area (Å²) < 4.78 is 4.62. The Morgan fingerprint density at radius 2 is 1.62 bits per heavy atom. The Morgan fingerprint density at radius 1 is 1.00 bits per heavy atom. The van der Waals surface area contributed by atoms with E-state index in [2.05, 4.69) is 16.6 Å². The molecule has 0 unspecified atom stereocenters. The van der Waals surface area contributed by atoms with Gasteiger partial charge >= 0.3 is 5.97 Å². The van der Waals surface area contributed by atoms with Gasteiger partial charge in [0.25, 0.3) is 5.91 Å². The van der Waals surface area contributed by atoms with E-state index in [4.69, 9.17) is 0 Å². The summed E-state index contributed by atoms with van der Waals surface area (Å²) in [7, 11) is 1.43. The van der Waals surface area contributed by atoms with Crippen molar-refractivity contribution in [2.75, 3.05) is 7.11 Å². The van der Waals surface area contributed by atoms with E-state index in [9.17, 15) is 9.59 Å². The Balaban J connectivity index is 2.00. The van der Waals surface area contributed by atoms with Gasteiger partial charge < -0.3 is 10.1 Å². The average molecular weight is 357 g/mol. The number of ether oxygens (including phenoxy) is 1. The van der Waals surface area contributed by atoms with Gasteiger partial charge in [-0.1, -0.05) is 62.1 Å². The molecule has 0 bridgehead atoms. The molecule has 1 aromatic rings. The summed E-state index contributed by atoms with van der Waals surface area (Å²) in [5.74, 6) is -0.214. The summed E-state index contributed by atoms with van der Waals surface area (Å²) >= 11 is 0. The highest BCUT2D eigenvalue weighted by Crippen LogP contribution is 2.14. The standard InChI is InChI=1S/C22H31NO3/c1-19(13-8-5-3-4-6-11-17-21(24)26-2)14-12-18-23-22(25)20-15-9-7-10-16-20/h7,9-10,12,15-16,18H,1,3-6,8,11,13-14,17H2,2H3,(H,23,25)/b18-12+. The first-order valence-corrected chi connectivity index (χ1v) is 9.38. The molecule has 26 heavy (non-hydrogen) atoms. The SMILES string of the molecule is C=C(C/C=C/NC(=O)c1ccccc1)CCCCCCCCC(=O)OC. The minimum atomic E-state index is -0.116. The van der Waals surface area contributed by atoms with Crippen molar-refractivity contribution in [2.45, 2.75) is 57.8 Å². The van der Waals surface area contributed by atoms with Gasteiger partial charge in [0.1, 0.15) is 0 Å². The molecule has 0 atom stereocenters. The fourth-order valence-corrected chi connectivity index (χ4v) is 2.59. The third-order valence-corrected chi connectivity index (χ3v) is 4.16. The summed E-state index contributed by atoms with van der Waals surface area (Å²) in [5.41, 5.74) is 1.84. The zero-order valence-corrected chi connectivity index (χ0v) is 15.8. The van der Waals surface area contributed by atoms with Crippen molar-refractivity contribution in [3.63, 3.8) is 0 Å². The van der Waals surface area contributed by atoms with Crippen LogP contribution in [0.4, 0.5) is 0 Å². The molecular formula is C22H31NO3. The van der Waals surface area contributed by atoms with Crippen LogP contribution in [-0.4, -0.2) is 19.0 Å². The third kappa shape index (κ3) is 10.5. The van der Waals surface area contributed by atoms with Crippen LogP contribution in [0.3, 0.4) is 0 Å². The van der Waals surface area contributed by atoms with Gasteiger partial charge in [0, 0.05) is 18.2 Å². The lowest BCUT2D eigenvalue weighted by Gasteiger charge is -2.04. The number of esters is 1. The van der Waals surface area contributed by atoms with Gasteiger partial charge in [0.05, 0.1) is 7.11 Å². The number of nitrogens with one attached hydrogen (secondary N) is 1. The quantitative estimate of drug-likeness (QED) is 0.301. The number of carbonyl (C=O) groups excluding carboxylic acids is 2. The van der Waals surface area contributed by atoms with Crippen LogP contribution in [-0.2, 0) is 9.53 Å². The lowest BCUT2D eigenvalue weighted by molar-refractivity contribution is -0.140. The zero-order valence-electron chi connectivity index (χ0n) is 15.8. The lowest BCUT2D eigenvalue weighted by atomic mass is 10.0. The molecule has 0 aliphatic rings. The molecular weight excluding hydrogens is 326 g/mol. The predicted molar refractivity (Wildman–Crippen MR) is 106 cm³/mol. The number of benzene rings is 1. The molecule has 4 nitrogen and oxygen atoms in total. The van der Waals surface area contributed by atoms with Crippen molar-refractivity contribution in [2.24, 2.45) is 0 Å². The molecule has 1 N–H and O–H groups in total. The third-order valence-electron chi connectivity index (χ3n) is 4.16. The van der Waals surface area contributed by atoms with Gasteiger partial charge in [-0.05, 0) is 37.8 Å². The first-order valence-electron chi connectivity index (χ1n) is 9.38. The Bertz CT molecular complexity index is 578. The van der Waals surface area contributed by atoms with Crippen molar-refractivity contribution in [1.82, 2.24) is 5.32 Å². The second kappa shape index (κ2) is 13.9. The molecule has 0 radical (unpaired) electrons. The van der Waals surface area contributed by atoms with E-state index in [0.29, 0.717) is 12.0 Å². The number of hydrogen-bond donors (Lipinski definition) is 1. The first-order chi connectivity index (χ1) is 12.6. The highest BCUT2D eigenvalue weighted by molar-refractivity contribution is 5.94. The molecule has 0 aliphatic heterocycles. The maximum absolute atomic E-state index is 11.9. The number of unbranched alkanes of at least 4 members (excludes halogenated alkanes) is 5. The number of methoxy groups -OCH3 is 1. The van der Waals surface area contributed by atoms with E-state index < -0.39 is 0 Å². The van der Waals surface area contributed by atoms with Gasteiger partial charge in [-0.2, -0.15) is 0 Å². The summed E-state index contributed by atoms with van der Waals surface area (Å²) in [5, 5.41) is 2.77. The molecule has 0 saturated heterocycles. The molecule has 1 amide bonds. The maximum Gasteiger partial charge on any atom is 0.305 e. The zero-order chi connectivity index (χ0) is 19.0. The normalized spacial score (nSPS) is 10.7. The van der Waals surface area contributed by atoms with E-state index in [0.717, 1.165) is 38.5 Å². The molecule has 0 fully saturated rings. The second-order valence-electron chi connectivity index (χ2n) is 6.39. The van der Waals surface area contributed by atoms with Crippen molar-refractivity contribution in [3.8, 4) is 0 Å². The lowest BCUT2D eigenvalue weighted by Crippen LogP contribution is -2.16. The number of allylic oxidation sites excluding steroid dienone is 2. The first kappa shape index (κ1) is 21.7. The van der Waals surface area contributed by atoms with Gasteiger partial charge in [-0.15, -0.1) is 0 Å². The monoisotopic (exact) mass is 357 g/mol. The molecule has 1 aromatic carbocycles. The van der Waals surface area contributed by atoms with Crippen molar-refractivity contribution in [1.29, 1.82) is 0 Å². The van der Waals surface area contributed by atoms with Crippen LogP contribution in [0.5, 0.6) is 0 Å². The Kier molecular flexibility index (Phi) is 11.6. The molecule has 0 aliphatic carbocycles. The maximum atomic E-state index is 11.9. The van der Waals surface area contributed by atoms with Gasteiger partial charge in [-0.3, -0.25) is 9.59 Å². The summed E-state index contributed by atoms with van der Waals surface area (Å²) in [6, 6.07) is 9.16. The minimum Gasteiger partial charge on any atom is -0.469 e. The highest BCUT2D eigenvalue weighted by Gasteiger charge is 2.01. The Hall–Kier alpha value is -2.36. The van der Waals surface area contributed by atoms with Crippen LogP contribution >= 0.6 is 0 Å². The van der Waals surface area contributed by atoms with E-state index in [-0.39, 0.29) is 11.9 Å². The van der Waals surface area contributed by atoms with Crippen LogP contribution in [0.15, 0.2) is 54.8 Å². The number of amides is 1. The molecule has 0 spiro atoms. The second-order valence-corrected chi connectivity index (χ2v) is 6.39. The summed E-state index contributed by atoms with van der Waals surface area (Å²) in [6.45, 7) is 4.09. The number of carbonyl (C=O) groups is 2. The van der Waals surface area contributed by atoms with Crippen molar-refractivity contribution < 1.29 is 14.3 Å². The fourth-order valence-electron chi connectivity index (χ4n) is 2.59. The molecule has 0 heterocycles. The van der Waals surface area contributed by atoms with Crippen LogP contribution in [0.2, 0.25) is 0 Å². The Morgan fingerprint density at radius 3 is 2.27 bits per heavy atom. The topological polar surface area (TPSA) is 55.4 Å². The van der Waals surface area contributed by atoms with Gasteiger partial charge in [-0.25, -0.2) is 0 Å². The van der Waals surface area contributed by atoms with Crippen LogP contribution < -0.4 is 5.32 Å². The summed E-state index contributed by atoms with van der Waals surface area (Å²) in [6.07, 6.45) is 12.6. The van der Waals surface area contributed by atoms with Crippen LogP contribution in [0.1, 0.15) is 68.1 Å². The largest absolute Gasteiger partial charge is 0.469 e. The molecule has 4 heteroatoms. The van der Waals surface area contributed by atoms with Gasteiger partial charge in [0.2, 0.25) is 0 Å². The predicted octanol–water partition coefficient (Wildman–Crippen LogP) is 5.17. The van der Waals surface area contributed by atoms with Crippen molar-refractivity contribution >= 4 is 11.9 Å². The minimum absolute atomic E-state index is 0.0975. The van der Waals surface area contributed by atoms with E-state index in [1.54, 1.807) is 18.3 Å². The van der Waals surface area contributed by atoms with Gasteiger partial charge in [0.15, 0.2) is 0 Å². The van der Waals surface area contributed by atoms with Crippen molar-refractivity contribution in [3.05, 3.63) is 60.3 Å². The fraction of sp³-hybridized carbons (Fsp3) is 0.455. The smallest absolute Gasteiger partial charge is 0.305 e.